The fourth-order valence-electron chi connectivity index (χ4n) is 1.87. The second-order valence-electron chi connectivity index (χ2n) is 4.41. The first-order chi connectivity index (χ1) is 9.36. The van der Waals surface area contributed by atoms with Crippen molar-refractivity contribution >= 4 is 5.91 Å². The zero-order valence-electron chi connectivity index (χ0n) is 10.9. The lowest BCUT2D eigenvalue weighted by atomic mass is 10.2. The van der Waals surface area contributed by atoms with Gasteiger partial charge in [-0.1, -0.05) is 0 Å². The Hall–Kier alpha value is -1.53. The Morgan fingerprint density at radius 2 is 2.47 bits per heavy atom. The highest BCUT2D eigenvalue weighted by Crippen LogP contribution is 2.11. The van der Waals surface area contributed by atoms with E-state index in [0.29, 0.717) is 25.5 Å². The van der Waals surface area contributed by atoms with Gasteiger partial charge in [-0.2, -0.15) is 0 Å². The number of ether oxygens (including phenoxy) is 2. The number of amides is 1. The minimum absolute atomic E-state index is 0.202. The number of aromatic nitrogens is 2. The van der Waals surface area contributed by atoms with Gasteiger partial charge in [-0.25, -0.2) is 4.98 Å². The predicted octanol–water partition coefficient (Wildman–Crippen LogP) is 0.792. The van der Waals surface area contributed by atoms with Crippen molar-refractivity contribution in [3.05, 3.63) is 24.3 Å². The summed E-state index contributed by atoms with van der Waals surface area (Å²) in [4.78, 5) is 19.4. The van der Waals surface area contributed by atoms with Crippen molar-refractivity contribution in [3.8, 4) is 0 Å². The molecule has 1 atom stereocenters. The van der Waals surface area contributed by atoms with Crippen LogP contribution >= 0.6 is 0 Å². The highest BCUT2D eigenvalue weighted by atomic mass is 16.5. The molecule has 1 aromatic heterocycles. The van der Waals surface area contributed by atoms with E-state index in [-0.39, 0.29) is 12.0 Å². The van der Waals surface area contributed by atoms with E-state index >= 15 is 0 Å². The van der Waals surface area contributed by atoms with Crippen LogP contribution in [-0.4, -0.2) is 48.3 Å². The van der Waals surface area contributed by atoms with Crippen LogP contribution in [0.3, 0.4) is 0 Å². The minimum atomic E-state index is -0.202. The summed E-state index contributed by atoms with van der Waals surface area (Å²) in [7, 11) is 0. The van der Waals surface area contributed by atoms with Crippen LogP contribution in [0.5, 0.6) is 0 Å². The number of nitrogens with zero attached hydrogens (tertiary/aromatic N) is 2. The Kier molecular flexibility index (Phi) is 5.71. The molecule has 1 unspecified atom stereocenters. The topological polar surface area (TPSA) is 73.3 Å². The summed E-state index contributed by atoms with van der Waals surface area (Å²) in [6, 6.07) is 0. The third-order valence-corrected chi connectivity index (χ3v) is 2.87. The van der Waals surface area contributed by atoms with Gasteiger partial charge in [0.05, 0.1) is 18.9 Å². The van der Waals surface area contributed by atoms with Crippen LogP contribution in [0.15, 0.2) is 18.6 Å². The molecular formula is C13H19N3O3. The molecule has 1 aliphatic rings. The first-order valence-corrected chi connectivity index (χ1v) is 6.60. The molecule has 1 fully saturated rings. The Balaban J connectivity index is 1.51. The molecule has 19 heavy (non-hydrogen) atoms. The molecular weight excluding hydrogens is 246 g/mol. The summed E-state index contributed by atoms with van der Waals surface area (Å²) in [6.07, 6.45) is 7.73. The normalized spacial score (nSPS) is 18.4. The van der Waals surface area contributed by atoms with E-state index in [2.05, 4.69) is 15.3 Å². The molecule has 0 spiro atoms. The van der Waals surface area contributed by atoms with Crippen molar-refractivity contribution in [2.45, 2.75) is 25.4 Å². The zero-order valence-corrected chi connectivity index (χ0v) is 10.9. The molecule has 1 N–H and O–H groups in total. The molecule has 1 saturated heterocycles. The average Bonchev–Trinajstić information content (AvgIpc) is 2.96. The first kappa shape index (κ1) is 13.9. The highest BCUT2D eigenvalue weighted by molar-refractivity contribution is 5.91. The zero-order chi connectivity index (χ0) is 13.3. The van der Waals surface area contributed by atoms with E-state index in [0.717, 1.165) is 25.9 Å². The van der Waals surface area contributed by atoms with Crippen LogP contribution in [0.1, 0.15) is 29.8 Å². The van der Waals surface area contributed by atoms with E-state index in [1.54, 1.807) is 0 Å². The van der Waals surface area contributed by atoms with Crippen molar-refractivity contribution in [1.82, 2.24) is 15.3 Å². The Bertz CT molecular complexity index is 380. The number of rotatable bonds is 7. The van der Waals surface area contributed by atoms with Crippen LogP contribution < -0.4 is 5.32 Å². The molecule has 6 nitrogen and oxygen atoms in total. The van der Waals surface area contributed by atoms with E-state index in [9.17, 15) is 4.79 Å². The molecule has 0 aliphatic carbocycles. The molecule has 0 bridgehead atoms. The monoisotopic (exact) mass is 265 g/mol. The van der Waals surface area contributed by atoms with Gasteiger partial charge in [-0.15, -0.1) is 0 Å². The van der Waals surface area contributed by atoms with E-state index < -0.39 is 0 Å². The van der Waals surface area contributed by atoms with Gasteiger partial charge in [0.2, 0.25) is 0 Å². The second-order valence-corrected chi connectivity index (χ2v) is 4.41. The summed E-state index contributed by atoms with van der Waals surface area (Å²) in [6.45, 7) is 2.70. The average molecular weight is 265 g/mol. The van der Waals surface area contributed by atoms with Gasteiger partial charge >= 0.3 is 0 Å². The lowest BCUT2D eigenvalue weighted by Crippen LogP contribution is -2.26. The summed E-state index contributed by atoms with van der Waals surface area (Å²) >= 11 is 0. The Labute approximate surface area is 112 Å². The van der Waals surface area contributed by atoms with E-state index in [1.165, 1.54) is 18.6 Å². The van der Waals surface area contributed by atoms with Gasteiger partial charge in [0, 0.05) is 32.2 Å². The summed E-state index contributed by atoms with van der Waals surface area (Å²) in [5.41, 5.74) is 0.336. The van der Waals surface area contributed by atoms with Gasteiger partial charge in [-0.3, -0.25) is 9.78 Å². The van der Waals surface area contributed by atoms with Crippen LogP contribution in [0.2, 0.25) is 0 Å². The number of nitrogens with one attached hydrogen (secondary N) is 1. The molecule has 6 heteroatoms. The molecule has 1 aromatic rings. The molecule has 2 heterocycles. The molecule has 2 rings (SSSR count). The maximum atomic E-state index is 11.6. The Morgan fingerprint density at radius 3 is 3.21 bits per heavy atom. The summed E-state index contributed by atoms with van der Waals surface area (Å²) in [5, 5.41) is 2.77. The van der Waals surface area contributed by atoms with Gasteiger partial charge in [0.1, 0.15) is 5.69 Å². The SMILES string of the molecule is O=C(NCCCOCC1CCCO1)c1cnccn1. The van der Waals surface area contributed by atoms with E-state index in [1.807, 2.05) is 0 Å². The van der Waals surface area contributed by atoms with Crippen molar-refractivity contribution in [3.63, 3.8) is 0 Å². The molecule has 104 valence electrons. The van der Waals surface area contributed by atoms with Crippen LogP contribution in [0.25, 0.3) is 0 Å². The number of carbonyl (C=O) groups excluding carboxylic acids is 1. The van der Waals surface area contributed by atoms with Crippen molar-refractivity contribution in [2.24, 2.45) is 0 Å². The number of hydrogen-bond acceptors (Lipinski definition) is 5. The minimum Gasteiger partial charge on any atom is -0.379 e. The maximum absolute atomic E-state index is 11.6. The lowest BCUT2D eigenvalue weighted by Gasteiger charge is -2.10. The first-order valence-electron chi connectivity index (χ1n) is 6.60. The van der Waals surface area contributed by atoms with Crippen molar-refractivity contribution in [2.75, 3.05) is 26.4 Å². The molecule has 0 aromatic carbocycles. The summed E-state index contributed by atoms with van der Waals surface area (Å²) < 4.78 is 10.9. The third-order valence-electron chi connectivity index (χ3n) is 2.87. The fraction of sp³-hybridized carbons (Fsp3) is 0.615. The van der Waals surface area contributed by atoms with Gasteiger partial charge in [-0.05, 0) is 19.3 Å². The van der Waals surface area contributed by atoms with E-state index in [4.69, 9.17) is 9.47 Å². The second kappa shape index (κ2) is 7.81. The highest BCUT2D eigenvalue weighted by Gasteiger charge is 2.14. The third kappa shape index (κ3) is 4.92. The molecule has 0 radical (unpaired) electrons. The molecule has 0 saturated carbocycles. The number of carbonyl (C=O) groups is 1. The standard InChI is InChI=1S/C13H19N3O3/c17-13(12-9-14-5-6-15-12)16-4-2-7-18-10-11-3-1-8-19-11/h5-6,9,11H,1-4,7-8,10H2,(H,16,17). The quantitative estimate of drug-likeness (QED) is 0.738. The maximum Gasteiger partial charge on any atom is 0.271 e. The molecule has 1 aliphatic heterocycles. The lowest BCUT2D eigenvalue weighted by molar-refractivity contribution is 0.0166. The predicted molar refractivity (Wildman–Crippen MR) is 68.8 cm³/mol. The molecule has 1 amide bonds. The largest absolute Gasteiger partial charge is 0.379 e. The smallest absolute Gasteiger partial charge is 0.271 e. The van der Waals surface area contributed by atoms with Gasteiger partial charge < -0.3 is 14.8 Å². The van der Waals surface area contributed by atoms with Crippen molar-refractivity contribution in [1.29, 1.82) is 0 Å². The van der Waals surface area contributed by atoms with Gasteiger partial charge in [0.15, 0.2) is 0 Å². The fourth-order valence-corrected chi connectivity index (χ4v) is 1.87. The van der Waals surface area contributed by atoms with Crippen LogP contribution in [-0.2, 0) is 9.47 Å². The van der Waals surface area contributed by atoms with Crippen LogP contribution in [0.4, 0.5) is 0 Å². The Morgan fingerprint density at radius 1 is 1.53 bits per heavy atom. The number of hydrogen-bond donors (Lipinski definition) is 1. The summed E-state index contributed by atoms with van der Waals surface area (Å²) in [5.74, 6) is -0.202. The van der Waals surface area contributed by atoms with Crippen LogP contribution in [0, 0.1) is 0 Å². The van der Waals surface area contributed by atoms with Crippen molar-refractivity contribution < 1.29 is 14.3 Å². The van der Waals surface area contributed by atoms with Gasteiger partial charge in [0.25, 0.3) is 5.91 Å².